The molecule has 1 aromatic heterocycles. The summed E-state index contributed by atoms with van der Waals surface area (Å²) < 4.78 is 1.39. The van der Waals surface area contributed by atoms with Gasteiger partial charge < -0.3 is 16.8 Å². The fraction of sp³-hybridized carbons (Fsp3) is 0.0833. The molecule has 0 atom stereocenters. The predicted molar refractivity (Wildman–Crippen MR) is 70.5 cm³/mol. The van der Waals surface area contributed by atoms with E-state index >= 15 is 0 Å². The van der Waals surface area contributed by atoms with Crippen molar-refractivity contribution in [2.75, 3.05) is 11.1 Å². The first-order valence-corrected chi connectivity index (χ1v) is 5.47. The van der Waals surface area contributed by atoms with E-state index in [9.17, 15) is 9.59 Å². The quantitative estimate of drug-likeness (QED) is 0.737. The SMILES string of the molecule is Cn1ncc(N)c1C(=O)Nc1ccc(C(N)=O)cc1. The summed E-state index contributed by atoms with van der Waals surface area (Å²) in [7, 11) is 1.63. The summed E-state index contributed by atoms with van der Waals surface area (Å²) in [6.07, 6.45) is 1.41. The monoisotopic (exact) mass is 259 g/mol. The zero-order valence-corrected chi connectivity index (χ0v) is 10.3. The summed E-state index contributed by atoms with van der Waals surface area (Å²) in [5, 5.41) is 6.55. The number of carbonyl (C=O) groups excluding carboxylic acids is 2. The van der Waals surface area contributed by atoms with Gasteiger partial charge in [0.15, 0.2) is 0 Å². The predicted octanol–water partition coefficient (Wildman–Crippen LogP) is 0.354. The molecule has 19 heavy (non-hydrogen) atoms. The summed E-state index contributed by atoms with van der Waals surface area (Å²) in [5.74, 6) is -0.891. The van der Waals surface area contributed by atoms with E-state index in [2.05, 4.69) is 10.4 Å². The molecule has 7 nitrogen and oxygen atoms in total. The molecule has 0 radical (unpaired) electrons. The normalized spacial score (nSPS) is 10.2. The van der Waals surface area contributed by atoms with Crippen LogP contribution in [0.5, 0.6) is 0 Å². The molecule has 0 aliphatic carbocycles. The topological polar surface area (TPSA) is 116 Å². The Kier molecular flexibility index (Phi) is 3.19. The van der Waals surface area contributed by atoms with Crippen molar-refractivity contribution in [1.29, 1.82) is 0 Å². The molecular formula is C12H13N5O2. The van der Waals surface area contributed by atoms with E-state index in [0.717, 1.165) is 0 Å². The maximum Gasteiger partial charge on any atom is 0.276 e. The number of primary amides is 1. The van der Waals surface area contributed by atoms with Gasteiger partial charge in [0.2, 0.25) is 5.91 Å². The number of rotatable bonds is 3. The summed E-state index contributed by atoms with van der Waals surface area (Å²) in [5.41, 5.74) is 12.3. The second-order valence-electron chi connectivity index (χ2n) is 3.97. The third-order valence-electron chi connectivity index (χ3n) is 2.61. The van der Waals surface area contributed by atoms with Crippen molar-refractivity contribution >= 4 is 23.2 Å². The van der Waals surface area contributed by atoms with Crippen molar-refractivity contribution in [2.45, 2.75) is 0 Å². The molecule has 1 aromatic carbocycles. The third-order valence-corrected chi connectivity index (χ3v) is 2.61. The molecule has 2 rings (SSSR count). The largest absolute Gasteiger partial charge is 0.396 e. The average Bonchev–Trinajstić information content (AvgIpc) is 2.69. The van der Waals surface area contributed by atoms with Crippen LogP contribution in [0.15, 0.2) is 30.5 Å². The molecule has 2 amide bonds. The number of hydrogen-bond acceptors (Lipinski definition) is 4. The number of aryl methyl sites for hydroxylation is 1. The van der Waals surface area contributed by atoms with Crippen molar-refractivity contribution < 1.29 is 9.59 Å². The highest BCUT2D eigenvalue weighted by Gasteiger charge is 2.15. The first kappa shape index (κ1) is 12.6. The Morgan fingerprint density at radius 3 is 2.37 bits per heavy atom. The number of nitrogens with one attached hydrogen (secondary N) is 1. The number of nitrogens with two attached hydrogens (primary N) is 2. The van der Waals surface area contributed by atoms with Gasteiger partial charge in [0.25, 0.3) is 5.91 Å². The number of aromatic nitrogens is 2. The highest BCUT2D eigenvalue weighted by atomic mass is 16.2. The summed E-state index contributed by atoms with van der Waals surface area (Å²) in [6.45, 7) is 0. The molecule has 0 spiro atoms. The minimum absolute atomic E-state index is 0.277. The van der Waals surface area contributed by atoms with Gasteiger partial charge in [-0.15, -0.1) is 0 Å². The van der Waals surface area contributed by atoms with Gasteiger partial charge in [0, 0.05) is 18.3 Å². The lowest BCUT2D eigenvalue weighted by molar-refractivity contribution is 0.0997. The number of benzene rings is 1. The van der Waals surface area contributed by atoms with Crippen molar-refractivity contribution in [3.63, 3.8) is 0 Å². The van der Waals surface area contributed by atoms with E-state index in [1.165, 1.54) is 23.0 Å². The minimum atomic E-state index is -0.520. The Bertz CT molecular complexity index is 611. The summed E-state index contributed by atoms with van der Waals surface area (Å²) >= 11 is 0. The molecular weight excluding hydrogens is 246 g/mol. The number of nitrogens with zero attached hydrogens (tertiary/aromatic N) is 2. The van der Waals surface area contributed by atoms with Gasteiger partial charge in [-0.25, -0.2) is 0 Å². The molecule has 0 bridgehead atoms. The van der Waals surface area contributed by atoms with Crippen LogP contribution in [-0.4, -0.2) is 21.6 Å². The van der Waals surface area contributed by atoms with Gasteiger partial charge in [0.05, 0.1) is 11.9 Å². The maximum atomic E-state index is 12.0. The lowest BCUT2D eigenvalue weighted by Gasteiger charge is -2.06. The standard InChI is InChI=1S/C12H13N5O2/c1-17-10(9(13)6-15-17)12(19)16-8-4-2-7(3-5-8)11(14)18/h2-6H,13H2,1H3,(H2,14,18)(H,16,19). The molecule has 98 valence electrons. The van der Waals surface area contributed by atoms with Gasteiger partial charge in [-0.1, -0.05) is 0 Å². The number of amides is 2. The van der Waals surface area contributed by atoms with Crippen molar-refractivity contribution in [3.8, 4) is 0 Å². The van der Waals surface area contributed by atoms with E-state index in [1.807, 2.05) is 0 Å². The van der Waals surface area contributed by atoms with Gasteiger partial charge >= 0.3 is 0 Å². The molecule has 0 fully saturated rings. The van der Waals surface area contributed by atoms with Crippen LogP contribution < -0.4 is 16.8 Å². The molecule has 2 aromatic rings. The highest BCUT2D eigenvalue weighted by molar-refractivity contribution is 6.06. The average molecular weight is 259 g/mol. The first-order chi connectivity index (χ1) is 8.99. The Labute approximate surface area is 109 Å². The second kappa shape index (κ2) is 4.81. The van der Waals surface area contributed by atoms with E-state index in [-0.39, 0.29) is 11.6 Å². The zero-order chi connectivity index (χ0) is 14.0. The number of carbonyl (C=O) groups is 2. The zero-order valence-electron chi connectivity index (χ0n) is 10.3. The number of hydrogen-bond donors (Lipinski definition) is 3. The fourth-order valence-corrected chi connectivity index (χ4v) is 1.64. The van der Waals surface area contributed by atoms with Crippen molar-refractivity contribution in [2.24, 2.45) is 12.8 Å². The second-order valence-corrected chi connectivity index (χ2v) is 3.97. The van der Waals surface area contributed by atoms with Crippen LogP contribution in [0.3, 0.4) is 0 Å². The number of anilines is 2. The van der Waals surface area contributed by atoms with Crippen LogP contribution in [0.4, 0.5) is 11.4 Å². The molecule has 7 heteroatoms. The summed E-state index contributed by atoms with van der Waals surface area (Å²) in [6, 6.07) is 6.24. The highest BCUT2D eigenvalue weighted by Crippen LogP contribution is 2.14. The van der Waals surface area contributed by atoms with Crippen LogP contribution in [0, 0.1) is 0 Å². The Morgan fingerprint density at radius 2 is 1.89 bits per heavy atom. The van der Waals surface area contributed by atoms with E-state index in [4.69, 9.17) is 11.5 Å². The molecule has 0 aliphatic heterocycles. The van der Waals surface area contributed by atoms with Crippen molar-refractivity contribution in [1.82, 2.24) is 9.78 Å². The van der Waals surface area contributed by atoms with Gasteiger partial charge in [-0.3, -0.25) is 14.3 Å². The minimum Gasteiger partial charge on any atom is -0.396 e. The fourth-order valence-electron chi connectivity index (χ4n) is 1.64. The van der Waals surface area contributed by atoms with Crippen LogP contribution in [0.1, 0.15) is 20.8 Å². The van der Waals surface area contributed by atoms with Crippen LogP contribution in [0.2, 0.25) is 0 Å². The van der Waals surface area contributed by atoms with E-state index in [0.29, 0.717) is 16.9 Å². The van der Waals surface area contributed by atoms with E-state index in [1.54, 1.807) is 19.2 Å². The molecule has 5 N–H and O–H groups in total. The lowest BCUT2D eigenvalue weighted by Crippen LogP contribution is -2.18. The third kappa shape index (κ3) is 2.54. The van der Waals surface area contributed by atoms with E-state index < -0.39 is 5.91 Å². The van der Waals surface area contributed by atoms with Crippen LogP contribution >= 0.6 is 0 Å². The molecule has 1 heterocycles. The van der Waals surface area contributed by atoms with Gasteiger partial charge in [-0.05, 0) is 24.3 Å². The first-order valence-electron chi connectivity index (χ1n) is 5.47. The Hall–Kier alpha value is -2.83. The molecule has 0 aliphatic rings. The van der Waals surface area contributed by atoms with Gasteiger partial charge in [-0.2, -0.15) is 5.10 Å². The van der Waals surface area contributed by atoms with Crippen LogP contribution in [0.25, 0.3) is 0 Å². The molecule has 0 unspecified atom stereocenters. The Balaban J connectivity index is 2.17. The smallest absolute Gasteiger partial charge is 0.276 e. The van der Waals surface area contributed by atoms with Gasteiger partial charge in [0.1, 0.15) is 5.69 Å². The van der Waals surface area contributed by atoms with Crippen molar-refractivity contribution in [3.05, 3.63) is 41.7 Å². The number of nitrogen functional groups attached to an aromatic ring is 1. The lowest BCUT2D eigenvalue weighted by atomic mass is 10.2. The molecule has 0 saturated heterocycles. The Morgan fingerprint density at radius 1 is 1.26 bits per heavy atom. The summed E-state index contributed by atoms with van der Waals surface area (Å²) in [4.78, 5) is 22.9. The molecule has 0 saturated carbocycles. The van der Waals surface area contributed by atoms with Crippen LogP contribution in [-0.2, 0) is 7.05 Å². The maximum absolute atomic E-state index is 12.0.